The smallest absolute Gasteiger partial charge is 0.174 e. The van der Waals surface area contributed by atoms with Crippen molar-refractivity contribution in [3.8, 4) is 0 Å². The molecule has 4 heterocycles. The van der Waals surface area contributed by atoms with Crippen molar-refractivity contribution in [2.24, 2.45) is 4.99 Å². The fraction of sp³-hybridized carbons (Fsp3) is 0.588. The van der Waals surface area contributed by atoms with Crippen LogP contribution in [0.1, 0.15) is 25.3 Å². The molecule has 0 saturated carbocycles. The Morgan fingerprint density at radius 3 is 3.25 bits per heavy atom. The average Bonchev–Trinajstić information content (AvgIpc) is 3.19. The first kappa shape index (κ1) is 15.7. The maximum absolute atomic E-state index is 13.5. The van der Waals surface area contributed by atoms with Gasteiger partial charge in [0.2, 0.25) is 0 Å². The summed E-state index contributed by atoms with van der Waals surface area (Å²) in [7, 11) is 0. The van der Waals surface area contributed by atoms with E-state index in [1.165, 1.54) is 0 Å². The lowest BCUT2D eigenvalue weighted by molar-refractivity contribution is -0.890. The Morgan fingerprint density at radius 2 is 2.46 bits per heavy atom. The molecule has 7 nitrogen and oxygen atoms in total. The van der Waals surface area contributed by atoms with Crippen LogP contribution in [-0.2, 0) is 6.54 Å². The van der Waals surface area contributed by atoms with Crippen molar-refractivity contribution in [1.82, 2.24) is 15.5 Å². The topological polar surface area (TPSA) is 75.9 Å². The monoisotopic (exact) mass is 331 g/mol. The molecule has 7 heteroatoms. The maximum atomic E-state index is 13.5. The molecule has 0 aliphatic carbocycles. The Kier molecular flexibility index (Phi) is 4.07. The average molecular weight is 331 g/mol. The highest BCUT2D eigenvalue weighted by Gasteiger charge is 2.39. The molecule has 2 unspecified atom stereocenters. The van der Waals surface area contributed by atoms with E-state index in [1.807, 2.05) is 12.3 Å². The van der Waals surface area contributed by atoms with E-state index < -0.39 is 0 Å². The summed E-state index contributed by atoms with van der Waals surface area (Å²) in [4.78, 5) is 6.91. The first-order chi connectivity index (χ1) is 11.7. The van der Waals surface area contributed by atoms with Gasteiger partial charge < -0.3 is 24.5 Å². The van der Waals surface area contributed by atoms with Crippen molar-refractivity contribution in [2.75, 3.05) is 26.2 Å². The summed E-state index contributed by atoms with van der Waals surface area (Å²) >= 11 is 0. The SMILES string of the molecule is CCN[C@H]1N=CC2=C(N1)N1CCCC1C[N+]([O-])(Cc1ccoc1)C2. The summed E-state index contributed by atoms with van der Waals surface area (Å²) in [5, 5.41) is 20.3. The molecule has 0 radical (unpaired) electrons. The van der Waals surface area contributed by atoms with Gasteiger partial charge in [0.1, 0.15) is 18.9 Å². The van der Waals surface area contributed by atoms with Crippen molar-refractivity contribution in [3.05, 3.63) is 40.8 Å². The molecular formula is C17H25N5O2. The number of rotatable bonds is 4. The number of hydrogen-bond donors (Lipinski definition) is 2. The van der Waals surface area contributed by atoms with Crippen LogP contribution in [0.5, 0.6) is 0 Å². The summed E-state index contributed by atoms with van der Waals surface area (Å²) < 4.78 is 4.90. The summed E-state index contributed by atoms with van der Waals surface area (Å²) in [5.41, 5.74) is 1.98. The van der Waals surface area contributed by atoms with Crippen molar-refractivity contribution in [3.63, 3.8) is 0 Å². The second-order valence-electron chi connectivity index (χ2n) is 6.93. The van der Waals surface area contributed by atoms with Gasteiger partial charge in [0.15, 0.2) is 6.29 Å². The van der Waals surface area contributed by atoms with Gasteiger partial charge in [0.25, 0.3) is 0 Å². The fourth-order valence-corrected chi connectivity index (χ4v) is 4.08. The van der Waals surface area contributed by atoms with Gasteiger partial charge in [-0.1, -0.05) is 6.92 Å². The Morgan fingerprint density at radius 1 is 1.54 bits per heavy atom. The van der Waals surface area contributed by atoms with Gasteiger partial charge in [-0.15, -0.1) is 0 Å². The van der Waals surface area contributed by atoms with Crippen LogP contribution in [-0.4, -0.2) is 54.3 Å². The predicted octanol–water partition coefficient (Wildman–Crippen LogP) is 1.35. The molecule has 1 saturated heterocycles. The van der Waals surface area contributed by atoms with Gasteiger partial charge in [0, 0.05) is 18.3 Å². The van der Waals surface area contributed by atoms with Crippen LogP contribution in [0.25, 0.3) is 0 Å². The van der Waals surface area contributed by atoms with Crippen LogP contribution < -0.4 is 10.6 Å². The zero-order valence-electron chi connectivity index (χ0n) is 14.1. The van der Waals surface area contributed by atoms with Gasteiger partial charge in [-0.3, -0.25) is 10.3 Å². The Labute approximate surface area is 142 Å². The molecule has 0 spiro atoms. The lowest BCUT2D eigenvalue weighted by Crippen LogP contribution is -2.49. The van der Waals surface area contributed by atoms with Gasteiger partial charge >= 0.3 is 0 Å². The van der Waals surface area contributed by atoms with Crippen LogP contribution in [0.15, 0.2) is 39.4 Å². The number of nitrogens with zero attached hydrogens (tertiary/aromatic N) is 3. The van der Waals surface area contributed by atoms with E-state index in [0.29, 0.717) is 25.7 Å². The summed E-state index contributed by atoms with van der Waals surface area (Å²) in [6.45, 7) is 5.43. The zero-order chi connectivity index (χ0) is 16.6. The fourth-order valence-electron chi connectivity index (χ4n) is 4.08. The molecule has 0 amide bonds. The lowest BCUT2D eigenvalue weighted by atomic mass is 10.2. The van der Waals surface area contributed by atoms with E-state index in [0.717, 1.165) is 42.9 Å². The van der Waals surface area contributed by atoms with Crippen molar-refractivity contribution in [2.45, 2.75) is 38.6 Å². The molecule has 130 valence electrons. The molecule has 1 fully saturated rings. The van der Waals surface area contributed by atoms with Gasteiger partial charge in [-0.2, -0.15) is 0 Å². The minimum atomic E-state index is -0.251. The Bertz CT molecular complexity index is 641. The van der Waals surface area contributed by atoms with Crippen LogP contribution in [0.2, 0.25) is 0 Å². The normalized spacial score (nSPS) is 32.3. The third-order valence-electron chi connectivity index (χ3n) is 5.07. The maximum Gasteiger partial charge on any atom is 0.174 e. The highest BCUT2D eigenvalue weighted by atomic mass is 16.5. The van der Waals surface area contributed by atoms with E-state index in [9.17, 15) is 5.21 Å². The molecule has 3 aliphatic heterocycles. The number of furan rings is 1. The van der Waals surface area contributed by atoms with E-state index in [-0.39, 0.29) is 10.9 Å². The quantitative estimate of drug-likeness (QED) is 0.643. The number of quaternary nitrogens is 1. The molecule has 2 N–H and O–H groups in total. The van der Waals surface area contributed by atoms with E-state index in [4.69, 9.17) is 4.42 Å². The number of fused-ring (bicyclic) bond motifs is 2. The largest absolute Gasteiger partial charge is 0.632 e. The lowest BCUT2D eigenvalue weighted by Gasteiger charge is -2.43. The summed E-state index contributed by atoms with van der Waals surface area (Å²) in [5.74, 6) is 1.10. The molecule has 3 aliphatic rings. The summed E-state index contributed by atoms with van der Waals surface area (Å²) in [6, 6.07) is 2.18. The third-order valence-corrected chi connectivity index (χ3v) is 5.07. The standard InChI is InChI=1S/C17H25N5O2/c1-2-18-17-19-8-14-10-22(23,9-13-5-7-24-12-13)11-15-4-3-6-21(15)16(14)20-17/h5,7-8,12,15,17-18,20H,2-4,6,9-11H2,1H3/t15?,17-,22?/m0/s1. The molecule has 0 aromatic carbocycles. The minimum absolute atomic E-state index is 0.101. The van der Waals surface area contributed by atoms with E-state index in [1.54, 1.807) is 12.5 Å². The van der Waals surface area contributed by atoms with Gasteiger partial charge in [0.05, 0.1) is 30.7 Å². The van der Waals surface area contributed by atoms with Crippen LogP contribution in [0.3, 0.4) is 0 Å². The zero-order valence-corrected chi connectivity index (χ0v) is 14.1. The van der Waals surface area contributed by atoms with Crippen LogP contribution in [0, 0.1) is 5.21 Å². The second kappa shape index (κ2) is 6.23. The molecule has 3 atom stereocenters. The predicted molar refractivity (Wildman–Crippen MR) is 91.6 cm³/mol. The molecule has 4 rings (SSSR count). The Balaban J connectivity index is 1.62. The first-order valence-corrected chi connectivity index (χ1v) is 8.78. The molecule has 0 bridgehead atoms. The number of hydrogen-bond acceptors (Lipinski definition) is 6. The van der Waals surface area contributed by atoms with Crippen LogP contribution in [0.4, 0.5) is 0 Å². The van der Waals surface area contributed by atoms with Crippen molar-refractivity contribution < 1.29 is 9.06 Å². The molecule has 1 aromatic rings. The van der Waals surface area contributed by atoms with Crippen molar-refractivity contribution >= 4 is 6.21 Å². The molecule has 1 aromatic heterocycles. The molecular weight excluding hydrogens is 306 g/mol. The minimum Gasteiger partial charge on any atom is -0.632 e. The first-order valence-electron chi connectivity index (χ1n) is 8.78. The Hall–Kier alpha value is -1.83. The summed E-state index contributed by atoms with van der Waals surface area (Å²) in [6.07, 6.45) is 7.32. The van der Waals surface area contributed by atoms with Crippen LogP contribution >= 0.6 is 0 Å². The third kappa shape index (κ3) is 2.94. The number of nitrogens with one attached hydrogen (secondary N) is 2. The molecule has 24 heavy (non-hydrogen) atoms. The van der Waals surface area contributed by atoms with Crippen molar-refractivity contribution in [1.29, 1.82) is 0 Å². The number of hydroxylamine groups is 3. The number of aliphatic imine (C=N–C) groups is 1. The van der Waals surface area contributed by atoms with Gasteiger partial charge in [-0.25, -0.2) is 0 Å². The van der Waals surface area contributed by atoms with E-state index >= 15 is 0 Å². The second-order valence-corrected chi connectivity index (χ2v) is 6.93. The van der Waals surface area contributed by atoms with Gasteiger partial charge in [-0.05, 0) is 25.5 Å². The highest BCUT2D eigenvalue weighted by Crippen LogP contribution is 2.32. The van der Waals surface area contributed by atoms with E-state index in [2.05, 4.69) is 27.4 Å². The highest BCUT2D eigenvalue weighted by molar-refractivity contribution is 5.81.